The summed E-state index contributed by atoms with van der Waals surface area (Å²) in [6.45, 7) is 8.66. The van der Waals surface area contributed by atoms with Crippen LogP contribution >= 0.6 is 11.8 Å². The Bertz CT molecular complexity index is 199. The smallest absolute Gasteiger partial charge is 0.232 e. The van der Waals surface area contributed by atoms with Crippen LogP contribution in [0.1, 0.15) is 34.1 Å². The Morgan fingerprint density at radius 3 is 2.40 bits per heavy atom. The molecule has 0 spiro atoms. The number of nitrogens with zero attached hydrogens (tertiary/aromatic N) is 1. The molecule has 4 heteroatoms. The minimum atomic E-state index is -0.337. The summed E-state index contributed by atoms with van der Waals surface area (Å²) in [6, 6.07) is 0. The first kappa shape index (κ1) is 14.8. The molecule has 1 amide bonds. The largest absolute Gasteiger partial charge is 0.393 e. The minimum Gasteiger partial charge on any atom is -0.393 e. The Hall–Kier alpha value is -0.220. The van der Waals surface area contributed by atoms with Crippen molar-refractivity contribution in [1.29, 1.82) is 0 Å². The van der Waals surface area contributed by atoms with Gasteiger partial charge in [-0.1, -0.05) is 20.8 Å². The standard InChI is InChI=1S/C11H23NO2S/c1-9(13)6-7-12(5)10(14)8-15-11(2,3)4/h9,13H,6-8H2,1-5H3. The van der Waals surface area contributed by atoms with Crippen LogP contribution in [-0.4, -0.2) is 46.1 Å². The van der Waals surface area contributed by atoms with Gasteiger partial charge in [0.05, 0.1) is 11.9 Å². The van der Waals surface area contributed by atoms with Crippen molar-refractivity contribution in [2.75, 3.05) is 19.3 Å². The molecule has 15 heavy (non-hydrogen) atoms. The first-order valence-electron chi connectivity index (χ1n) is 5.28. The van der Waals surface area contributed by atoms with Crippen molar-refractivity contribution in [3.8, 4) is 0 Å². The summed E-state index contributed by atoms with van der Waals surface area (Å²) in [6.07, 6.45) is 0.304. The van der Waals surface area contributed by atoms with Crippen molar-refractivity contribution >= 4 is 17.7 Å². The number of carbonyl (C=O) groups is 1. The summed E-state index contributed by atoms with van der Waals surface area (Å²) in [5.74, 6) is 0.648. The van der Waals surface area contributed by atoms with Crippen molar-refractivity contribution in [2.24, 2.45) is 0 Å². The molecule has 0 saturated carbocycles. The van der Waals surface area contributed by atoms with Crippen LogP contribution < -0.4 is 0 Å². The molecule has 1 unspecified atom stereocenters. The lowest BCUT2D eigenvalue weighted by molar-refractivity contribution is -0.127. The number of carbonyl (C=O) groups excluding carboxylic acids is 1. The van der Waals surface area contributed by atoms with Gasteiger partial charge in [-0.2, -0.15) is 0 Å². The molecule has 0 aliphatic rings. The lowest BCUT2D eigenvalue weighted by Crippen LogP contribution is -2.31. The lowest BCUT2D eigenvalue weighted by atomic mass is 10.3. The van der Waals surface area contributed by atoms with E-state index in [2.05, 4.69) is 20.8 Å². The van der Waals surface area contributed by atoms with Crippen LogP contribution in [0.25, 0.3) is 0 Å². The predicted molar refractivity (Wildman–Crippen MR) is 66.1 cm³/mol. The highest BCUT2D eigenvalue weighted by Crippen LogP contribution is 2.22. The van der Waals surface area contributed by atoms with Crippen molar-refractivity contribution in [2.45, 2.75) is 45.0 Å². The topological polar surface area (TPSA) is 40.5 Å². The first-order valence-corrected chi connectivity index (χ1v) is 6.27. The Kier molecular flexibility index (Phi) is 6.29. The van der Waals surface area contributed by atoms with Crippen LogP contribution in [-0.2, 0) is 4.79 Å². The van der Waals surface area contributed by atoms with E-state index in [9.17, 15) is 4.79 Å². The van der Waals surface area contributed by atoms with E-state index in [0.717, 1.165) is 0 Å². The zero-order chi connectivity index (χ0) is 12.1. The molecule has 90 valence electrons. The third-order valence-electron chi connectivity index (χ3n) is 1.94. The SMILES string of the molecule is CC(O)CCN(C)C(=O)CSC(C)(C)C. The number of amides is 1. The maximum Gasteiger partial charge on any atom is 0.232 e. The van der Waals surface area contributed by atoms with E-state index in [1.54, 1.807) is 30.6 Å². The Morgan fingerprint density at radius 2 is 2.00 bits per heavy atom. The number of aliphatic hydroxyl groups is 1. The Balaban J connectivity index is 3.80. The highest BCUT2D eigenvalue weighted by Gasteiger charge is 2.15. The van der Waals surface area contributed by atoms with Gasteiger partial charge in [0.15, 0.2) is 0 Å². The maximum absolute atomic E-state index is 11.6. The summed E-state index contributed by atoms with van der Waals surface area (Å²) >= 11 is 1.65. The molecule has 0 aromatic rings. The molecule has 0 heterocycles. The summed E-state index contributed by atoms with van der Waals surface area (Å²) in [5.41, 5.74) is 0. The van der Waals surface area contributed by atoms with E-state index in [1.807, 2.05) is 0 Å². The van der Waals surface area contributed by atoms with Crippen molar-refractivity contribution < 1.29 is 9.90 Å². The first-order chi connectivity index (χ1) is 6.72. The second kappa shape index (κ2) is 6.38. The molecule has 0 fully saturated rings. The van der Waals surface area contributed by atoms with Crippen LogP contribution in [0.4, 0.5) is 0 Å². The van der Waals surface area contributed by atoms with Crippen molar-refractivity contribution in [3.63, 3.8) is 0 Å². The quantitative estimate of drug-likeness (QED) is 0.786. The van der Waals surface area contributed by atoms with E-state index >= 15 is 0 Å². The van der Waals surface area contributed by atoms with Gasteiger partial charge in [-0.25, -0.2) is 0 Å². The van der Waals surface area contributed by atoms with Gasteiger partial charge in [0, 0.05) is 18.3 Å². The molecule has 0 aromatic carbocycles. The molecule has 0 aliphatic carbocycles. The summed E-state index contributed by atoms with van der Waals surface area (Å²) < 4.78 is 0.126. The molecule has 0 radical (unpaired) electrons. The van der Waals surface area contributed by atoms with Crippen LogP contribution in [0.15, 0.2) is 0 Å². The number of hydrogen-bond acceptors (Lipinski definition) is 3. The van der Waals surface area contributed by atoms with Gasteiger partial charge in [-0.15, -0.1) is 11.8 Å². The van der Waals surface area contributed by atoms with Gasteiger partial charge < -0.3 is 10.0 Å². The summed E-state index contributed by atoms with van der Waals surface area (Å²) in [5, 5.41) is 9.10. The predicted octanol–water partition coefficient (Wildman–Crippen LogP) is 1.75. The average Bonchev–Trinajstić information content (AvgIpc) is 2.08. The molecule has 0 rings (SSSR count). The molecule has 1 atom stereocenters. The Labute approximate surface area is 97.2 Å². The number of thioether (sulfide) groups is 1. The van der Waals surface area contributed by atoms with Gasteiger partial charge in [-0.05, 0) is 13.3 Å². The fourth-order valence-electron chi connectivity index (χ4n) is 0.894. The third-order valence-corrected chi connectivity index (χ3v) is 3.19. The van der Waals surface area contributed by atoms with Gasteiger partial charge in [-0.3, -0.25) is 4.79 Å². The van der Waals surface area contributed by atoms with Crippen LogP contribution in [0.5, 0.6) is 0 Å². The summed E-state index contributed by atoms with van der Waals surface area (Å²) in [4.78, 5) is 13.3. The van der Waals surface area contributed by atoms with Crippen molar-refractivity contribution in [1.82, 2.24) is 4.90 Å². The molecule has 0 aromatic heterocycles. The maximum atomic E-state index is 11.6. The van der Waals surface area contributed by atoms with Gasteiger partial charge >= 0.3 is 0 Å². The molecular weight excluding hydrogens is 210 g/mol. The molecule has 3 nitrogen and oxygen atoms in total. The van der Waals surface area contributed by atoms with E-state index in [0.29, 0.717) is 18.7 Å². The lowest BCUT2D eigenvalue weighted by Gasteiger charge is -2.21. The molecule has 0 aliphatic heterocycles. The second-order valence-corrected chi connectivity index (χ2v) is 6.66. The third kappa shape index (κ3) is 8.75. The van der Waals surface area contributed by atoms with Crippen LogP contribution in [0, 0.1) is 0 Å². The molecular formula is C11H23NO2S. The van der Waals surface area contributed by atoms with Gasteiger partial charge in [0.1, 0.15) is 0 Å². The molecule has 1 N–H and O–H groups in total. The summed E-state index contributed by atoms with van der Waals surface area (Å²) in [7, 11) is 1.79. The fourth-order valence-corrected chi connectivity index (χ4v) is 1.67. The van der Waals surface area contributed by atoms with Gasteiger partial charge in [0.2, 0.25) is 5.91 Å². The number of hydrogen-bond donors (Lipinski definition) is 1. The van der Waals surface area contributed by atoms with E-state index < -0.39 is 0 Å². The fraction of sp³-hybridized carbons (Fsp3) is 0.909. The molecule has 0 bridgehead atoms. The number of aliphatic hydroxyl groups excluding tert-OH is 1. The molecule has 0 saturated heterocycles. The van der Waals surface area contributed by atoms with Crippen LogP contribution in [0.3, 0.4) is 0 Å². The van der Waals surface area contributed by atoms with Crippen LogP contribution in [0.2, 0.25) is 0 Å². The van der Waals surface area contributed by atoms with E-state index in [1.165, 1.54) is 0 Å². The average molecular weight is 233 g/mol. The second-order valence-electron chi connectivity index (χ2n) is 4.85. The zero-order valence-corrected chi connectivity index (χ0v) is 11.2. The Morgan fingerprint density at radius 1 is 1.47 bits per heavy atom. The van der Waals surface area contributed by atoms with Crippen molar-refractivity contribution in [3.05, 3.63) is 0 Å². The highest BCUT2D eigenvalue weighted by molar-refractivity contribution is 8.01. The monoisotopic (exact) mass is 233 g/mol. The minimum absolute atomic E-state index is 0.126. The normalized spacial score (nSPS) is 13.7. The number of rotatable bonds is 5. The van der Waals surface area contributed by atoms with E-state index in [4.69, 9.17) is 5.11 Å². The van der Waals surface area contributed by atoms with E-state index in [-0.39, 0.29) is 16.8 Å². The van der Waals surface area contributed by atoms with Gasteiger partial charge in [0.25, 0.3) is 0 Å². The highest BCUT2D eigenvalue weighted by atomic mass is 32.2. The zero-order valence-electron chi connectivity index (χ0n) is 10.4.